The molecule has 98 valence electrons. The number of benzene rings is 2. The molecular weight excluding hydrogens is 266 g/mol. The Hall–Kier alpha value is -2.26. The van der Waals surface area contributed by atoms with Crippen LogP contribution in [0.4, 0.5) is 0 Å². The van der Waals surface area contributed by atoms with Crippen LogP contribution in [0.3, 0.4) is 0 Å². The van der Waals surface area contributed by atoms with Crippen LogP contribution in [0.5, 0.6) is 0 Å². The predicted octanol–water partition coefficient (Wildman–Crippen LogP) is 4.35. The Morgan fingerprint density at radius 2 is 1.55 bits per heavy atom. The summed E-state index contributed by atoms with van der Waals surface area (Å²) in [5.74, 6) is 0.0442. The van der Waals surface area contributed by atoms with Crippen LogP contribution in [-0.4, -0.2) is 10.8 Å². The van der Waals surface area contributed by atoms with E-state index in [9.17, 15) is 4.79 Å². The molecule has 0 aliphatic heterocycles. The zero-order chi connectivity index (χ0) is 13.9. The molecule has 3 rings (SSSR count). The third-order valence-corrected chi connectivity index (χ3v) is 4.26. The number of hydrogen-bond acceptors (Lipinski definition) is 3. The maximum absolute atomic E-state index is 12.5. The fourth-order valence-corrected chi connectivity index (χ4v) is 3.07. The Bertz CT molecular complexity index is 732. The molecule has 0 radical (unpaired) electrons. The molecular formula is C17H13NOS. The molecule has 0 amide bonds. The number of ketones is 1. The van der Waals surface area contributed by atoms with Crippen LogP contribution in [0, 0.1) is 6.92 Å². The lowest BCUT2D eigenvalue weighted by atomic mass is 10.1. The minimum atomic E-state index is 0.0442. The second-order valence-corrected chi connectivity index (χ2v) is 5.49. The number of aryl methyl sites for hydroxylation is 1. The van der Waals surface area contributed by atoms with Crippen LogP contribution in [0.2, 0.25) is 0 Å². The van der Waals surface area contributed by atoms with Crippen molar-refractivity contribution in [2.45, 2.75) is 6.92 Å². The molecule has 2 aromatic carbocycles. The van der Waals surface area contributed by atoms with Gasteiger partial charge in [0.05, 0.1) is 10.6 Å². The molecule has 0 bridgehead atoms. The zero-order valence-corrected chi connectivity index (χ0v) is 11.9. The first-order chi connectivity index (χ1) is 9.75. The van der Waals surface area contributed by atoms with E-state index < -0.39 is 0 Å². The highest BCUT2D eigenvalue weighted by atomic mass is 32.1. The number of carbonyl (C=O) groups is 1. The summed E-state index contributed by atoms with van der Waals surface area (Å²) in [4.78, 5) is 17.7. The number of hydrogen-bond donors (Lipinski definition) is 0. The van der Waals surface area contributed by atoms with E-state index in [2.05, 4.69) is 4.98 Å². The van der Waals surface area contributed by atoms with Gasteiger partial charge in [0.2, 0.25) is 5.78 Å². The van der Waals surface area contributed by atoms with Gasteiger partial charge in [0.25, 0.3) is 0 Å². The first kappa shape index (κ1) is 12.8. The van der Waals surface area contributed by atoms with Gasteiger partial charge in [-0.3, -0.25) is 4.79 Å². The maximum Gasteiger partial charge on any atom is 0.204 e. The van der Waals surface area contributed by atoms with Gasteiger partial charge in [0.1, 0.15) is 5.01 Å². The quantitative estimate of drug-likeness (QED) is 0.667. The molecule has 0 saturated heterocycles. The van der Waals surface area contributed by atoms with E-state index in [-0.39, 0.29) is 5.78 Å². The number of rotatable bonds is 3. The summed E-state index contributed by atoms with van der Waals surface area (Å²) in [6.45, 7) is 1.89. The lowest BCUT2D eigenvalue weighted by molar-refractivity contribution is 0.104. The molecule has 0 saturated carbocycles. The van der Waals surface area contributed by atoms with Crippen LogP contribution < -0.4 is 0 Å². The van der Waals surface area contributed by atoms with Crippen LogP contribution in [0.1, 0.15) is 20.9 Å². The fourth-order valence-electron chi connectivity index (χ4n) is 2.03. The summed E-state index contributed by atoms with van der Waals surface area (Å²) < 4.78 is 0. The molecule has 2 nitrogen and oxygen atoms in total. The van der Waals surface area contributed by atoms with Gasteiger partial charge in [-0.2, -0.15) is 0 Å². The molecule has 3 heteroatoms. The van der Waals surface area contributed by atoms with E-state index in [1.807, 2.05) is 67.6 Å². The molecule has 3 aromatic rings. The van der Waals surface area contributed by atoms with Crippen molar-refractivity contribution in [2.24, 2.45) is 0 Å². The molecule has 0 unspecified atom stereocenters. The fraction of sp³-hybridized carbons (Fsp3) is 0.0588. The summed E-state index contributed by atoms with van der Waals surface area (Å²) >= 11 is 1.45. The highest BCUT2D eigenvalue weighted by Crippen LogP contribution is 2.29. The molecule has 0 fully saturated rings. The Balaban J connectivity index is 2.00. The van der Waals surface area contributed by atoms with Crippen molar-refractivity contribution in [1.82, 2.24) is 4.98 Å². The van der Waals surface area contributed by atoms with Gasteiger partial charge in [-0.1, -0.05) is 60.7 Å². The molecule has 0 atom stereocenters. The zero-order valence-electron chi connectivity index (χ0n) is 11.0. The van der Waals surface area contributed by atoms with E-state index in [0.717, 1.165) is 21.1 Å². The van der Waals surface area contributed by atoms with Crippen molar-refractivity contribution in [1.29, 1.82) is 0 Å². The van der Waals surface area contributed by atoms with Crippen molar-refractivity contribution in [3.8, 4) is 10.6 Å². The van der Waals surface area contributed by atoms with Crippen LogP contribution in [0.25, 0.3) is 10.6 Å². The number of aromatic nitrogens is 1. The maximum atomic E-state index is 12.5. The first-order valence-electron chi connectivity index (χ1n) is 6.38. The normalized spacial score (nSPS) is 10.4. The average Bonchev–Trinajstić information content (AvgIpc) is 2.90. The number of carbonyl (C=O) groups excluding carboxylic acids is 1. The van der Waals surface area contributed by atoms with E-state index >= 15 is 0 Å². The van der Waals surface area contributed by atoms with Gasteiger partial charge in [0.15, 0.2) is 0 Å². The third kappa shape index (κ3) is 2.40. The smallest absolute Gasteiger partial charge is 0.204 e. The Kier molecular flexibility index (Phi) is 3.44. The number of nitrogens with zero attached hydrogens (tertiary/aromatic N) is 1. The highest BCUT2D eigenvalue weighted by Gasteiger charge is 2.17. The summed E-state index contributed by atoms with van der Waals surface area (Å²) in [5.41, 5.74) is 2.55. The SMILES string of the molecule is Cc1nc(-c2ccccc2)sc1C(=O)c1ccccc1. The summed E-state index contributed by atoms with van der Waals surface area (Å²) in [5, 5.41) is 0.891. The van der Waals surface area contributed by atoms with Crippen molar-refractivity contribution in [3.63, 3.8) is 0 Å². The third-order valence-electron chi connectivity index (χ3n) is 3.06. The average molecular weight is 279 g/mol. The number of thiazole rings is 1. The minimum absolute atomic E-state index is 0.0442. The Morgan fingerprint density at radius 3 is 2.20 bits per heavy atom. The van der Waals surface area contributed by atoms with Crippen LogP contribution in [-0.2, 0) is 0 Å². The summed E-state index contributed by atoms with van der Waals surface area (Å²) in [6.07, 6.45) is 0. The van der Waals surface area contributed by atoms with Crippen LogP contribution in [0.15, 0.2) is 60.7 Å². The van der Waals surface area contributed by atoms with Gasteiger partial charge in [-0.15, -0.1) is 11.3 Å². The minimum Gasteiger partial charge on any atom is -0.288 e. The van der Waals surface area contributed by atoms with Gasteiger partial charge < -0.3 is 0 Å². The van der Waals surface area contributed by atoms with Crippen molar-refractivity contribution < 1.29 is 4.79 Å². The standard InChI is InChI=1S/C17H13NOS/c1-12-16(15(19)13-8-4-2-5-9-13)20-17(18-12)14-10-6-3-7-11-14/h2-11H,1H3. The molecule has 0 N–H and O–H groups in total. The van der Waals surface area contributed by atoms with Crippen molar-refractivity contribution in [2.75, 3.05) is 0 Å². The van der Waals surface area contributed by atoms with Gasteiger partial charge in [-0.25, -0.2) is 4.98 Å². The highest BCUT2D eigenvalue weighted by molar-refractivity contribution is 7.17. The molecule has 0 spiro atoms. The topological polar surface area (TPSA) is 30.0 Å². The van der Waals surface area contributed by atoms with E-state index in [1.165, 1.54) is 11.3 Å². The molecule has 0 aliphatic rings. The van der Waals surface area contributed by atoms with Crippen molar-refractivity contribution in [3.05, 3.63) is 76.8 Å². The van der Waals surface area contributed by atoms with E-state index in [1.54, 1.807) is 0 Å². The molecule has 1 heterocycles. The lowest BCUT2D eigenvalue weighted by Crippen LogP contribution is -1.99. The second-order valence-electron chi connectivity index (χ2n) is 4.49. The van der Waals surface area contributed by atoms with Gasteiger partial charge in [-0.05, 0) is 6.92 Å². The Labute approximate surface area is 121 Å². The van der Waals surface area contributed by atoms with Gasteiger partial charge >= 0.3 is 0 Å². The van der Waals surface area contributed by atoms with E-state index in [0.29, 0.717) is 5.56 Å². The monoisotopic (exact) mass is 279 g/mol. The largest absolute Gasteiger partial charge is 0.288 e. The van der Waals surface area contributed by atoms with Gasteiger partial charge in [0, 0.05) is 11.1 Å². The summed E-state index contributed by atoms with van der Waals surface area (Å²) in [7, 11) is 0. The first-order valence-corrected chi connectivity index (χ1v) is 7.20. The van der Waals surface area contributed by atoms with Crippen molar-refractivity contribution >= 4 is 17.1 Å². The lowest BCUT2D eigenvalue weighted by Gasteiger charge is -1.97. The van der Waals surface area contributed by atoms with E-state index in [4.69, 9.17) is 0 Å². The molecule has 1 aromatic heterocycles. The summed E-state index contributed by atoms with van der Waals surface area (Å²) in [6, 6.07) is 19.3. The molecule has 0 aliphatic carbocycles. The molecule has 20 heavy (non-hydrogen) atoms. The van der Waals surface area contributed by atoms with Crippen LogP contribution >= 0.6 is 11.3 Å². The predicted molar refractivity (Wildman–Crippen MR) is 82.2 cm³/mol. The second kappa shape index (κ2) is 5.39. The Morgan fingerprint density at radius 1 is 0.950 bits per heavy atom.